The van der Waals surface area contributed by atoms with Crippen LogP contribution in [0.1, 0.15) is 27.7 Å². The lowest BCUT2D eigenvalue weighted by atomic mass is 9.73. The summed E-state index contributed by atoms with van der Waals surface area (Å²) in [5.41, 5.74) is 2.86. The van der Waals surface area contributed by atoms with E-state index in [9.17, 15) is 10.1 Å². The van der Waals surface area contributed by atoms with Crippen LogP contribution in [-0.4, -0.2) is 28.5 Å². The Bertz CT molecular complexity index is 913. The SMILES string of the molecule is CC(C)(O)C(C)(C)OB(O)c1ccccc1-c1ccc(-c2ccccc2)cc1. The average molecular weight is 374 g/mol. The van der Waals surface area contributed by atoms with Gasteiger partial charge < -0.3 is 14.8 Å². The molecule has 0 fully saturated rings. The summed E-state index contributed by atoms with van der Waals surface area (Å²) in [6.07, 6.45) is 0. The summed E-state index contributed by atoms with van der Waals surface area (Å²) < 4.78 is 5.85. The van der Waals surface area contributed by atoms with E-state index in [-0.39, 0.29) is 0 Å². The van der Waals surface area contributed by atoms with Gasteiger partial charge in [0.15, 0.2) is 0 Å². The normalized spacial score (nSPS) is 12.1. The van der Waals surface area contributed by atoms with E-state index >= 15 is 0 Å². The number of hydrogen-bond acceptors (Lipinski definition) is 3. The molecule has 0 aliphatic carbocycles. The zero-order valence-corrected chi connectivity index (χ0v) is 16.9. The predicted octanol–water partition coefficient (Wildman–Crippen LogP) is 4.27. The van der Waals surface area contributed by atoms with E-state index in [4.69, 9.17) is 4.65 Å². The summed E-state index contributed by atoms with van der Waals surface area (Å²) in [6.45, 7) is 6.89. The lowest BCUT2D eigenvalue weighted by Crippen LogP contribution is -2.53. The van der Waals surface area contributed by atoms with Crippen molar-refractivity contribution in [2.45, 2.75) is 38.9 Å². The van der Waals surface area contributed by atoms with Crippen LogP contribution in [0, 0.1) is 0 Å². The Balaban J connectivity index is 1.90. The molecule has 144 valence electrons. The minimum atomic E-state index is -1.15. The van der Waals surface area contributed by atoms with Gasteiger partial charge in [0.05, 0.1) is 11.2 Å². The molecule has 0 atom stereocenters. The summed E-state index contributed by atoms with van der Waals surface area (Å²) in [5, 5.41) is 21.1. The fourth-order valence-electron chi connectivity index (χ4n) is 2.93. The minimum absolute atomic E-state index is 0.673. The van der Waals surface area contributed by atoms with Crippen molar-refractivity contribution in [3.63, 3.8) is 0 Å². The summed E-state index contributed by atoms with van der Waals surface area (Å²) in [5.74, 6) is 0. The van der Waals surface area contributed by atoms with Crippen molar-refractivity contribution in [1.29, 1.82) is 0 Å². The van der Waals surface area contributed by atoms with Gasteiger partial charge in [-0.1, -0.05) is 78.9 Å². The molecule has 0 saturated heterocycles. The van der Waals surface area contributed by atoms with E-state index in [1.165, 1.54) is 0 Å². The molecule has 3 aromatic rings. The van der Waals surface area contributed by atoms with E-state index in [1.807, 2.05) is 42.5 Å². The monoisotopic (exact) mass is 374 g/mol. The number of hydrogen-bond donors (Lipinski definition) is 2. The highest BCUT2D eigenvalue weighted by Gasteiger charge is 2.40. The molecule has 3 aromatic carbocycles. The van der Waals surface area contributed by atoms with Crippen LogP contribution >= 0.6 is 0 Å². The maximum absolute atomic E-state index is 10.8. The molecule has 0 heterocycles. The third-order valence-electron chi connectivity index (χ3n) is 5.41. The predicted molar refractivity (Wildman–Crippen MR) is 116 cm³/mol. The molecule has 4 heteroatoms. The van der Waals surface area contributed by atoms with Crippen LogP contribution in [-0.2, 0) is 4.65 Å². The van der Waals surface area contributed by atoms with Gasteiger partial charge in [0.1, 0.15) is 0 Å². The van der Waals surface area contributed by atoms with Crippen LogP contribution in [0.3, 0.4) is 0 Å². The molecule has 0 unspecified atom stereocenters. The fraction of sp³-hybridized carbons (Fsp3) is 0.250. The zero-order chi connectivity index (χ0) is 20.4. The molecule has 28 heavy (non-hydrogen) atoms. The van der Waals surface area contributed by atoms with Crippen LogP contribution in [0.5, 0.6) is 0 Å². The van der Waals surface area contributed by atoms with Crippen molar-refractivity contribution in [1.82, 2.24) is 0 Å². The van der Waals surface area contributed by atoms with Gasteiger partial charge in [-0.25, -0.2) is 0 Å². The molecular formula is C24H27BO3. The van der Waals surface area contributed by atoms with E-state index < -0.39 is 18.3 Å². The number of rotatable bonds is 6. The van der Waals surface area contributed by atoms with Crippen LogP contribution in [0.25, 0.3) is 22.3 Å². The van der Waals surface area contributed by atoms with E-state index in [0.717, 1.165) is 22.3 Å². The minimum Gasteiger partial charge on any atom is -0.423 e. The van der Waals surface area contributed by atoms with Gasteiger partial charge >= 0.3 is 7.12 Å². The van der Waals surface area contributed by atoms with E-state index in [2.05, 4.69) is 36.4 Å². The van der Waals surface area contributed by atoms with E-state index in [1.54, 1.807) is 27.7 Å². The van der Waals surface area contributed by atoms with Gasteiger partial charge in [0.25, 0.3) is 0 Å². The summed E-state index contributed by atoms with van der Waals surface area (Å²) >= 11 is 0. The maximum Gasteiger partial charge on any atom is 0.492 e. The van der Waals surface area contributed by atoms with Gasteiger partial charge in [-0.3, -0.25) is 0 Å². The number of aliphatic hydroxyl groups is 1. The first-order valence-corrected chi connectivity index (χ1v) is 9.52. The first-order chi connectivity index (χ1) is 13.2. The maximum atomic E-state index is 10.8. The molecule has 2 N–H and O–H groups in total. The largest absolute Gasteiger partial charge is 0.492 e. The van der Waals surface area contributed by atoms with Crippen LogP contribution in [0.2, 0.25) is 0 Å². The van der Waals surface area contributed by atoms with Crippen LogP contribution in [0.4, 0.5) is 0 Å². The molecule has 0 spiro atoms. The summed E-state index contributed by atoms with van der Waals surface area (Å²) in [6, 6.07) is 26.1. The molecule has 0 bridgehead atoms. The summed E-state index contributed by atoms with van der Waals surface area (Å²) in [4.78, 5) is 0. The quantitative estimate of drug-likeness (QED) is 0.634. The molecule has 0 aliphatic heterocycles. The van der Waals surface area contributed by atoms with Gasteiger partial charge in [-0.15, -0.1) is 0 Å². The average Bonchev–Trinajstić information content (AvgIpc) is 2.67. The third kappa shape index (κ3) is 4.36. The Morgan fingerprint density at radius 2 is 1.18 bits per heavy atom. The van der Waals surface area contributed by atoms with Crippen molar-refractivity contribution < 1.29 is 14.8 Å². The molecular weight excluding hydrogens is 347 g/mol. The van der Waals surface area contributed by atoms with Gasteiger partial charge in [0.2, 0.25) is 0 Å². The molecule has 0 aromatic heterocycles. The standard InChI is InChI=1S/C24H27BO3/c1-23(2,26)24(3,4)28-25(27)22-13-9-8-12-21(22)20-16-14-19(15-17-20)18-10-6-5-7-11-18/h5-17,26-27H,1-4H3. The Morgan fingerprint density at radius 3 is 1.79 bits per heavy atom. The first kappa shape index (κ1) is 20.3. The smallest absolute Gasteiger partial charge is 0.423 e. The second kappa shape index (κ2) is 7.92. The topological polar surface area (TPSA) is 49.7 Å². The van der Waals surface area contributed by atoms with Crippen molar-refractivity contribution in [2.75, 3.05) is 0 Å². The lowest BCUT2D eigenvalue weighted by Gasteiger charge is -2.38. The molecule has 0 amide bonds. The highest BCUT2D eigenvalue weighted by atomic mass is 16.5. The fourth-order valence-corrected chi connectivity index (χ4v) is 2.93. The molecule has 0 radical (unpaired) electrons. The Kier molecular flexibility index (Phi) is 5.75. The Hall–Kier alpha value is -2.40. The van der Waals surface area contributed by atoms with E-state index in [0.29, 0.717) is 5.46 Å². The van der Waals surface area contributed by atoms with Crippen LogP contribution < -0.4 is 5.46 Å². The molecule has 3 nitrogen and oxygen atoms in total. The van der Waals surface area contributed by atoms with Crippen molar-refractivity contribution in [3.8, 4) is 22.3 Å². The number of benzene rings is 3. The highest BCUT2D eigenvalue weighted by molar-refractivity contribution is 6.62. The van der Waals surface area contributed by atoms with Crippen molar-refractivity contribution in [2.24, 2.45) is 0 Å². The van der Waals surface area contributed by atoms with Crippen molar-refractivity contribution in [3.05, 3.63) is 78.9 Å². The zero-order valence-electron chi connectivity index (χ0n) is 16.9. The lowest BCUT2D eigenvalue weighted by molar-refractivity contribution is -0.0982. The first-order valence-electron chi connectivity index (χ1n) is 9.52. The third-order valence-corrected chi connectivity index (χ3v) is 5.41. The van der Waals surface area contributed by atoms with Gasteiger partial charge in [-0.05, 0) is 55.4 Å². The molecule has 3 rings (SSSR count). The molecule has 0 aliphatic rings. The van der Waals surface area contributed by atoms with Crippen LogP contribution in [0.15, 0.2) is 78.9 Å². The van der Waals surface area contributed by atoms with Crippen molar-refractivity contribution >= 4 is 12.6 Å². The Labute approximate surface area is 167 Å². The highest BCUT2D eigenvalue weighted by Crippen LogP contribution is 2.27. The Morgan fingerprint density at radius 1 is 0.679 bits per heavy atom. The summed E-state index contributed by atoms with van der Waals surface area (Å²) in [7, 11) is -1.15. The molecule has 0 saturated carbocycles. The second-order valence-electron chi connectivity index (χ2n) is 8.07. The van der Waals surface area contributed by atoms with Gasteiger partial charge in [-0.2, -0.15) is 0 Å². The van der Waals surface area contributed by atoms with Gasteiger partial charge in [0, 0.05) is 0 Å². The second-order valence-corrected chi connectivity index (χ2v) is 8.07.